The third-order valence-electron chi connectivity index (χ3n) is 4.15. The molecule has 0 saturated carbocycles. The molecule has 1 N–H and O–H groups in total. The number of hydrogen-bond acceptors (Lipinski definition) is 4. The van der Waals surface area contributed by atoms with Crippen LogP contribution in [-0.4, -0.2) is 28.5 Å². The molecule has 1 amide bonds. The summed E-state index contributed by atoms with van der Waals surface area (Å²) in [7, 11) is 0. The van der Waals surface area contributed by atoms with E-state index in [2.05, 4.69) is 31.6 Å². The second kappa shape index (κ2) is 9.24. The Bertz CT molecular complexity index is 1040. The summed E-state index contributed by atoms with van der Waals surface area (Å²) in [6, 6.07) is 13.5. The van der Waals surface area contributed by atoms with Crippen LogP contribution in [0, 0.1) is 20.8 Å². The predicted molar refractivity (Wildman–Crippen MR) is 118 cm³/mol. The fourth-order valence-electron chi connectivity index (χ4n) is 2.82. The van der Waals surface area contributed by atoms with Crippen LogP contribution in [0.3, 0.4) is 0 Å². The smallest absolute Gasteiger partial charge is 0.277 e. The van der Waals surface area contributed by atoms with Crippen LogP contribution in [0.25, 0.3) is 5.69 Å². The van der Waals surface area contributed by atoms with Crippen molar-refractivity contribution >= 4 is 39.7 Å². The summed E-state index contributed by atoms with van der Waals surface area (Å²) in [5.74, 6) is 0.259. The quantitative estimate of drug-likeness (QED) is 0.413. The second-order valence-corrected chi connectivity index (χ2v) is 7.72. The number of benzene rings is 2. The van der Waals surface area contributed by atoms with E-state index in [0.717, 1.165) is 21.3 Å². The summed E-state index contributed by atoms with van der Waals surface area (Å²) in [4.78, 5) is 12.1. The second-order valence-electron chi connectivity index (χ2n) is 6.51. The summed E-state index contributed by atoms with van der Waals surface area (Å²) < 4.78 is 8.05. The van der Waals surface area contributed by atoms with Gasteiger partial charge in [-0.3, -0.25) is 4.79 Å². The number of carbonyl (C=O) groups is 1. The van der Waals surface area contributed by atoms with E-state index in [1.165, 1.54) is 6.21 Å². The van der Waals surface area contributed by atoms with Gasteiger partial charge in [-0.05, 0) is 66.0 Å². The highest BCUT2D eigenvalue weighted by molar-refractivity contribution is 9.10. The fraction of sp³-hybridized carbons (Fsp3) is 0.190. The van der Waals surface area contributed by atoms with Gasteiger partial charge in [-0.2, -0.15) is 10.2 Å². The molecule has 0 bridgehead atoms. The van der Waals surface area contributed by atoms with Gasteiger partial charge in [-0.25, -0.2) is 10.1 Å². The Hall–Kier alpha value is -2.64. The lowest BCUT2D eigenvalue weighted by molar-refractivity contribution is -0.123. The van der Waals surface area contributed by atoms with E-state index in [0.29, 0.717) is 22.2 Å². The highest BCUT2D eigenvalue weighted by Gasteiger charge is 2.13. The Morgan fingerprint density at radius 3 is 2.69 bits per heavy atom. The number of hydrogen-bond donors (Lipinski definition) is 1. The Labute approximate surface area is 182 Å². The van der Waals surface area contributed by atoms with Gasteiger partial charge in [0.05, 0.1) is 27.6 Å². The lowest BCUT2D eigenvalue weighted by atomic mass is 10.1. The summed E-state index contributed by atoms with van der Waals surface area (Å²) in [5, 5.41) is 8.84. The van der Waals surface area contributed by atoms with Gasteiger partial charge in [0.2, 0.25) is 0 Å². The maximum Gasteiger partial charge on any atom is 0.277 e. The number of halogens is 2. The van der Waals surface area contributed by atoms with E-state index in [1.54, 1.807) is 4.68 Å². The molecule has 0 aliphatic carbocycles. The van der Waals surface area contributed by atoms with Crippen LogP contribution in [0.15, 0.2) is 52.0 Å². The van der Waals surface area contributed by atoms with Crippen LogP contribution >= 0.6 is 27.5 Å². The molecule has 0 aliphatic rings. The molecule has 0 saturated heterocycles. The number of carbonyl (C=O) groups excluding carboxylic acids is 1. The highest BCUT2D eigenvalue weighted by Crippen LogP contribution is 2.30. The van der Waals surface area contributed by atoms with Crippen molar-refractivity contribution in [1.29, 1.82) is 0 Å². The molecule has 0 atom stereocenters. The van der Waals surface area contributed by atoms with Crippen LogP contribution in [0.5, 0.6) is 5.75 Å². The lowest BCUT2D eigenvalue weighted by Gasteiger charge is -2.11. The minimum atomic E-state index is -0.377. The van der Waals surface area contributed by atoms with Crippen molar-refractivity contribution < 1.29 is 9.53 Å². The molecular formula is C21H20BrClN4O2. The number of nitrogens with zero attached hydrogens (tertiary/aromatic N) is 3. The summed E-state index contributed by atoms with van der Waals surface area (Å²) in [5.41, 5.74) is 6.69. The minimum absolute atomic E-state index is 0.157. The van der Waals surface area contributed by atoms with Crippen molar-refractivity contribution in [1.82, 2.24) is 15.2 Å². The van der Waals surface area contributed by atoms with Crippen LogP contribution in [0.1, 0.15) is 22.4 Å². The van der Waals surface area contributed by atoms with Crippen molar-refractivity contribution in [3.63, 3.8) is 0 Å². The number of nitrogens with one attached hydrogen (secondary N) is 1. The van der Waals surface area contributed by atoms with Gasteiger partial charge in [0.15, 0.2) is 6.61 Å². The molecule has 3 aromatic rings. The third kappa shape index (κ3) is 5.05. The third-order valence-corrected chi connectivity index (χ3v) is 5.11. The van der Waals surface area contributed by atoms with E-state index < -0.39 is 0 Å². The van der Waals surface area contributed by atoms with Gasteiger partial charge in [-0.15, -0.1) is 0 Å². The van der Waals surface area contributed by atoms with Gasteiger partial charge in [0.1, 0.15) is 10.9 Å². The zero-order valence-electron chi connectivity index (χ0n) is 16.2. The summed E-state index contributed by atoms with van der Waals surface area (Å²) in [6.45, 7) is 5.60. The van der Waals surface area contributed by atoms with Gasteiger partial charge in [0.25, 0.3) is 5.91 Å². The average molecular weight is 476 g/mol. The van der Waals surface area contributed by atoms with E-state index in [4.69, 9.17) is 16.3 Å². The Morgan fingerprint density at radius 1 is 1.28 bits per heavy atom. The van der Waals surface area contributed by atoms with E-state index in [-0.39, 0.29) is 12.5 Å². The average Bonchev–Trinajstić information content (AvgIpc) is 2.96. The maximum atomic E-state index is 12.1. The van der Waals surface area contributed by atoms with Crippen LogP contribution in [0.4, 0.5) is 0 Å². The number of rotatable bonds is 6. The topological polar surface area (TPSA) is 68.5 Å². The molecule has 0 radical (unpaired) electrons. The first-order valence-corrected chi connectivity index (χ1v) is 10.1. The lowest BCUT2D eigenvalue weighted by Crippen LogP contribution is -2.25. The maximum absolute atomic E-state index is 12.1. The molecule has 29 heavy (non-hydrogen) atoms. The first-order valence-electron chi connectivity index (χ1n) is 8.89. The summed E-state index contributed by atoms with van der Waals surface area (Å²) >= 11 is 9.89. The molecule has 0 fully saturated rings. The molecular weight excluding hydrogens is 456 g/mol. The van der Waals surface area contributed by atoms with Gasteiger partial charge >= 0.3 is 0 Å². The van der Waals surface area contributed by atoms with Crippen molar-refractivity contribution in [3.8, 4) is 11.4 Å². The van der Waals surface area contributed by atoms with E-state index in [9.17, 15) is 4.79 Å². The van der Waals surface area contributed by atoms with Crippen molar-refractivity contribution in [2.24, 2.45) is 5.10 Å². The number of aryl methyl sites for hydroxylation is 3. The SMILES string of the molecule is Cc1cc(C)c(OCC(=O)NN=Cc2c(C)nn(-c3ccccc3)c2Cl)c(Br)c1. The Morgan fingerprint density at radius 2 is 2.00 bits per heavy atom. The molecule has 2 aromatic carbocycles. The standard InChI is InChI=1S/C21H20BrClN4O2/c1-13-9-14(2)20(18(22)10-13)29-12-19(28)25-24-11-17-15(3)26-27(21(17)23)16-7-5-4-6-8-16/h4-11H,12H2,1-3H3,(H,25,28). The van der Waals surface area contributed by atoms with Crippen molar-refractivity contribution in [2.45, 2.75) is 20.8 Å². The van der Waals surface area contributed by atoms with Gasteiger partial charge in [-0.1, -0.05) is 35.9 Å². The molecule has 8 heteroatoms. The van der Waals surface area contributed by atoms with E-state index >= 15 is 0 Å². The molecule has 0 aliphatic heterocycles. The van der Waals surface area contributed by atoms with Crippen molar-refractivity contribution in [3.05, 3.63) is 74.5 Å². The van der Waals surface area contributed by atoms with Gasteiger partial charge < -0.3 is 4.74 Å². The van der Waals surface area contributed by atoms with Crippen LogP contribution in [0.2, 0.25) is 5.15 Å². The number of aromatic nitrogens is 2. The normalized spacial score (nSPS) is 11.1. The zero-order chi connectivity index (χ0) is 21.0. The number of para-hydroxylation sites is 1. The zero-order valence-corrected chi connectivity index (χ0v) is 18.6. The monoisotopic (exact) mass is 474 g/mol. The summed E-state index contributed by atoms with van der Waals surface area (Å²) in [6.07, 6.45) is 1.48. The van der Waals surface area contributed by atoms with E-state index in [1.807, 2.05) is 63.2 Å². The number of ether oxygens (including phenoxy) is 1. The predicted octanol–water partition coefficient (Wildman–Crippen LogP) is 4.74. The number of hydrazone groups is 1. The van der Waals surface area contributed by atoms with Gasteiger partial charge in [0, 0.05) is 0 Å². The molecule has 1 aromatic heterocycles. The minimum Gasteiger partial charge on any atom is -0.482 e. The van der Waals surface area contributed by atoms with Crippen LogP contribution < -0.4 is 10.2 Å². The first-order chi connectivity index (χ1) is 13.9. The van der Waals surface area contributed by atoms with Crippen LogP contribution in [-0.2, 0) is 4.79 Å². The molecule has 6 nitrogen and oxygen atoms in total. The molecule has 150 valence electrons. The largest absolute Gasteiger partial charge is 0.482 e. The molecule has 1 heterocycles. The van der Waals surface area contributed by atoms with Crippen molar-refractivity contribution in [2.75, 3.05) is 6.61 Å². The molecule has 3 rings (SSSR count). The molecule has 0 spiro atoms. The number of amides is 1. The Balaban J connectivity index is 1.63. The highest BCUT2D eigenvalue weighted by atomic mass is 79.9. The Kier molecular flexibility index (Phi) is 6.71. The first kappa shape index (κ1) is 21.1. The fourth-order valence-corrected chi connectivity index (χ4v) is 3.93. The molecule has 0 unspecified atom stereocenters.